The predicted octanol–water partition coefficient (Wildman–Crippen LogP) is 1.41. The van der Waals surface area contributed by atoms with E-state index in [1.165, 1.54) is 20.9 Å². The Balaban J connectivity index is 1.61. The second-order valence-electron chi connectivity index (χ2n) is 8.81. The van der Waals surface area contributed by atoms with Crippen molar-refractivity contribution in [3.63, 3.8) is 0 Å². The third-order valence-electron chi connectivity index (χ3n) is 6.92. The van der Waals surface area contributed by atoms with Gasteiger partial charge in [0.15, 0.2) is 56.7 Å². The Labute approximate surface area is 218 Å². The maximum absolute atomic E-state index is 13.8. The van der Waals surface area contributed by atoms with Gasteiger partial charge in [0.1, 0.15) is 24.3 Å². The van der Waals surface area contributed by atoms with E-state index < -0.39 is 11.1 Å². The first kappa shape index (κ1) is 21.2. The van der Waals surface area contributed by atoms with Crippen molar-refractivity contribution >= 4 is 66.2 Å². The zero-order chi connectivity index (χ0) is 27.4. The van der Waals surface area contributed by atoms with Crippen molar-refractivity contribution in [3.05, 3.63) is 67.7 Å². The summed E-state index contributed by atoms with van der Waals surface area (Å²) in [4.78, 5) is 53.1. The Kier molecular flexibility index (Phi) is 3.66. The van der Waals surface area contributed by atoms with Crippen LogP contribution in [0.1, 0.15) is 22.8 Å². The normalized spacial score (nSPS) is 11.6. The van der Waals surface area contributed by atoms with Crippen LogP contribution in [0.3, 0.4) is 0 Å². The third-order valence-corrected chi connectivity index (χ3v) is 6.92. The molecule has 0 bridgehead atoms. The topological polar surface area (TPSA) is 215 Å². The first-order chi connectivity index (χ1) is 19.5. The SMILES string of the molecule is N#Cc1nc2nc3c4ccc5c6c(ccc(c(=O)n3c2nc1C#N)c46)c(=O)n1c2nc(C#N)c(C#N)nc2nc51. The maximum Gasteiger partial charge on any atom is 0.266 e. The Morgan fingerprint density at radius 3 is 1.20 bits per heavy atom. The molecule has 2 aromatic carbocycles. The summed E-state index contributed by atoms with van der Waals surface area (Å²) >= 11 is 0. The van der Waals surface area contributed by atoms with Crippen molar-refractivity contribution < 1.29 is 0 Å². The minimum absolute atomic E-state index is 0.0212. The summed E-state index contributed by atoms with van der Waals surface area (Å²) in [5.41, 5.74) is -1.37. The minimum atomic E-state index is -0.496. The lowest BCUT2D eigenvalue weighted by Gasteiger charge is -2.11. The van der Waals surface area contributed by atoms with Gasteiger partial charge in [0, 0.05) is 32.3 Å². The van der Waals surface area contributed by atoms with E-state index >= 15 is 0 Å². The lowest BCUT2D eigenvalue weighted by molar-refractivity contribution is 1.11. The van der Waals surface area contributed by atoms with E-state index in [-0.39, 0.29) is 67.4 Å². The van der Waals surface area contributed by atoms with E-state index in [2.05, 4.69) is 29.9 Å². The van der Waals surface area contributed by atoms with Crippen LogP contribution < -0.4 is 11.1 Å². The number of rotatable bonds is 0. The number of fused-ring (bicyclic) bond motifs is 8. The van der Waals surface area contributed by atoms with E-state index in [0.717, 1.165) is 0 Å². The van der Waals surface area contributed by atoms with Crippen LogP contribution in [-0.4, -0.2) is 38.7 Å². The molecule has 6 aromatic heterocycles. The van der Waals surface area contributed by atoms with E-state index in [1.54, 1.807) is 12.1 Å². The summed E-state index contributed by atoms with van der Waals surface area (Å²) < 4.78 is 2.48. The molecule has 180 valence electrons. The molecule has 40 heavy (non-hydrogen) atoms. The summed E-state index contributed by atoms with van der Waals surface area (Å²) in [5, 5.41) is 40.0. The molecule has 0 aliphatic rings. The first-order valence-electron chi connectivity index (χ1n) is 11.4. The molecule has 0 radical (unpaired) electrons. The van der Waals surface area contributed by atoms with Crippen molar-refractivity contribution in [3.8, 4) is 24.3 Å². The molecule has 0 spiro atoms. The van der Waals surface area contributed by atoms with Crippen molar-refractivity contribution in [1.82, 2.24) is 38.7 Å². The predicted molar refractivity (Wildman–Crippen MR) is 136 cm³/mol. The molecule has 14 nitrogen and oxygen atoms in total. The average Bonchev–Trinajstić information content (AvgIpc) is 3.55. The molecule has 0 saturated heterocycles. The molecule has 0 fully saturated rings. The van der Waals surface area contributed by atoms with Gasteiger partial charge in [-0.25, -0.2) is 38.7 Å². The monoisotopic (exact) mass is 516 g/mol. The second-order valence-corrected chi connectivity index (χ2v) is 8.81. The Morgan fingerprint density at radius 2 is 0.825 bits per heavy atom. The largest absolute Gasteiger partial charge is 0.268 e. The van der Waals surface area contributed by atoms with Crippen LogP contribution in [0, 0.1) is 45.3 Å². The fraction of sp³-hybridized carbons (Fsp3) is 0. The zero-order valence-electron chi connectivity index (χ0n) is 19.5. The van der Waals surface area contributed by atoms with Crippen molar-refractivity contribution in [2.75, 3.05) is 0 Å². The van der Waals surface area contributed by atoms with Gasteiger partial charge in [-0.05, 0) is 24.3 Å². The van der Waals surface area contributed by atoms with Gasteiger partial charge >= 0.3 is 0 Å². The number of hydrogen-bond donors (Lipinski definition) is 0. The molecular weight excluding hydrogens is 512 g/mol. The van der Waals surface area contributed by atoms with E-state index in [0.29, 0.717) is 21.5 Å². The van der Waals surface area contributed by atoms with Crippen LogP contribution in [0.5, 0.6) is 0 Å². The van der Waals surface area contributed by atoms with Crippen molar-refractivity contribution in [2.45, 2.75) is 0 Å². The van der Waals surface area contributed by atoms with Crippen molar-refractivity contribution in [1.29, 1.82) is 21.0 Å². The highest BCUT2D eigenvalue weighted by atomic mass is 16.1. The molecule has 14 heteroatoms. The van der Waals surface area contributed by atoms with Gasteiger partial charge < -0.3 is 0 Å². The summed E-state index contributed by atoms with van der Waals surface area (Å²) in [6.45, 7) is 0. The number of aromatic nitrogens is 8. The minimum Gasteiger partial charge on any atom is -0.268 e. The molecule has 0 N–H and O–H groups in total. The third kappa shape index (κ3) is 2.28. The van der Waals surface area contributed by atoms with Gasteiger partial charge in [-0.2, -0.15) is 21.0 Å². The summed E-state index contributed by atoms with van der Waals surface area (Å²) in [6.07, 6.45) is 0. The van der Waals surface area contributed by atoms with Gasteiger partial charge in [-0.15, -0.1) is 0 Å². The fourth-order valence-electron chi connectivity index (χ4n) is 5.31. The van der Waals surface area contributed by atoms with Crippen LogP contribution in [0.15, 0.2) is 33.9 Å². The van der Waals surface area contributed by atoms with Crippen LogP contribution in [-0.2, 0) is 0 Å². The Morgan fingerprint density at radius 1 is 0.475 bits per heavy atom. The average molecular weight is 516 g/mol. The number of imidazole rings is 2. The van der Waals surface area contributed by atoms with Gasteiger partial charge in [-0.3, -0.25) is 9.59 Å². The lowest BCUT2D eigenvalue weighted by Crippen LogP contribution is -2.17. The van der Waals surface area contributed by atoms with Gasteiger partial charge in [0.25, 0.3) is 11.1 Å². The standard InChI is InChI=1S/C26H4N12O2/c27-5-13-15(7-29)33-23-19(31-13)35-21-9-1-2-10-18-12(4-3-11(17(9)18)25(39)37(21)23)26(40)38-22(10)36-20-24(38)34-16(8-30)14(6-28)32-20/h1-4H. The first-order valence-corrected chi connectivity index (χ1v) is 11.4. The van der Waals surface area contributed by atoms with Crippen LogP contribution >= 0.6 is 0 Å². The molecular formula is C26H4N12O2. The molecule has 0 aliphatic heterocycles. The van der Waals surface area contributed by atoms with Gasteiger partial charge in [-0.1, -0.05) is 0 Å². The Bertz CT molecular complexity index is 2610. The van der Waals surface area contributed by atoms with Gasteiger partial charge in [0.05, 0.1) is 0 Å². The summed E-state index contributed by atoms with van der Waals surface area (Å²) in [5.74, 6) is 0. The van der Waals surface area contributed by atoms with Gasteiger partial charge in [0.2, 0.25) is 0 Å². The number of benzene rings is 2. The number of hydrogen-bond acceptors (Lipinski definition) is 12. The van der Waals surface area contributed by atoms with Crippen LogP contribution in [0.25, 0.3) is 66.2 Å². The second kappa shape index (κ2) is 6.90. The highest BCUT2D eigenvalue weighted by Gasteiger charge is 2.25. The van der Waals surface area contributed by atoms with E-state index in [1.807, 2.05) is 24.3 Å². The molecule has 6 heterocycles. The Hall–Kier alpha value is -6.90. The summed E-state index contributed by atoms with van der Waals surface area (Å²) in [6, 6.07) is 13.7. The highest BCUT2D eigenvalue weighted by Crippen LogP contribution is 2.36. The van der Waals surface area contributed by atoms with E-state index in [9.17, 15) is 30.6 Å². The molecule has 0 atom stereocenters. The molecule has 8 rings (SSSR count). The molecule has 0 unspecified atom stereocenters. The number of nitriles is 4. The zero-order valence-corrected chi connectivity index (χ0v) is 19.5. The number of nitrogens with zero attached hydrogens (tertiary/aromatic N) is 12. The lowest BCUT2D eigenvalue weighted by atomic mass is 9.96. The molecule has 0 amide bonds. The highest BCUT2D eigenvalue weighted by molar-refractivity contribution is 6.27. The van der Waals surface area contributed by atoms with Crippen molar-refractivity contribution in [2.24, 2.45) is 0 Å². The molecule has 8 aromatic rings. The van der Waals surface area contributed by atoms with E-state index in [4.69, 9.17) is 0 Å². The summed E-state index contributed by atoms with van der Waals surface area (Å²) in [7, 11) is 0. The maximum atomic E-state index is 13.8. The van der Waals surface area contributed by atoms with Crippen LogP contribution in [0.2, 0.25) is 0 Å². The fourth-order valence-corrected chi connectivity index (χ4v) is 5.31. The molecule has 0 aliphatic carbocycles. The smallest absolute Gasteiger partial charge is 0.266 e. The molecule has 0 saturated carbocycles. The quantitative estimate of drug-likeness (QED) is 0.261. The van der Waals surface area contributed by atoms with Crippen LogP contribution in [0.4, 0.5) is 0 Å². The number of pyridine rings is 2.